The van der Waals surface area contributed by atoms with Crippen molar-refractivity contribution in [2.75, 3.05) is 5.75 Å². The minimum atomic E-state index is 0.0159. The molecule has 1 aliphatic rings. The first kappa shape index (κ1) is 18.3. The maximum atomic E-state index is 12.2. The summed E-state index contributed by atoms with van der Waals surface area (Å²) in [4.78, 5) is 12.2. The Kier molecular flexibility index (Phi) is 6.02. The average Bonchev–Trinajstić information content (AvgIpc) is 3.07. The molecule has 0 bridgehead atoms. The van der Waals surface area contributed by atoms with E-state index < -0.39 is 0 Å². The summed E-state index contributed by atoms with van der Waals surface area (Å²) >= 11 is 7.13. The van der Waals surface area contributed by atoms with E-state index >= 15 is 0 Å². The standard InChI is InChI=1S/C18H22ClN3O2S/c1-11-4-3-5-15(12(11)2)20-16(23)10-25-18-22-21-17(24-18)13-6-8-14(19)9-7-13/h6-9,11-12,15H,3-5,10H2,1-2H3,(H,20,23)/t11-,12+,15-/m0/s1. The predicted octanol–water partition coefficient (Wildman–Crippen LogP) is 4.42. The van der Waals surface area contributed by atoms with Crippen LogP contribution in [0.2, 0.25) is 5.02 Å². The van der Waals surface area contributed by atoms with Crippen LogP contribution in [0.4, 0.5) is 0 Å². The Hall–Kier alpha value is -1.53. The van der Waals surface area contributed by atoms with Crippen LogP contribution in [0.5, 0.6) is 0 Å². The molecule has 1 heterocycles. The monoisotopic (exact) mass is 379 g/mol. The van der Waals surface area contributed by atoms with Crippen LogP contribution in [-0.2, 0) is 4.79 Å². The van der Waals surface area contributed by atoms with Crippen LogP contribution in [0.3, 0.4) is 0 Å². The lowest BCUT2D eigenvalue weighted by molar-refractivity contribution is -0.120. The molecule has 2 aromatic rings. The number of benzene rings is 1. The number of hydrogen-bond acceptors (Lipinski definition) is 5. The van der Waals surface area contributed by atoms with Crippen molar-refractivity contribution in [2.45, 2.75) is 44.4 Å². The van der Waals surface area contributed by atoms with Gasteiger partial charge in [0.25, 0.3) is 5.22 Å². The highest BCUT2D eigenvalue weighted by atomic mass is 35.5. The van der Waals surface area contributed by atoms with Gasteiger partial charge in [0.1, 0.15) is 0 Å². The summed E-state index contributed by atoms with van der Waals surface area (Å²) in [6, 6.07) is 7.45. The zero-order valence-electron chi connectivity index (χ0n) is 14.4. The minimum absolute atomic E-state index is 0.0159. The van der Waals surface area contributed by atoms with Gasteiger partial charge < -0.3 is 9.73 Å². The van der Waals surface area contributed by atoms with E-state index in [1.807, 2.05) is 12.1 Å². The van der Waals surface area contributed by atoms with Crippen LogP contribution in [0.25, 0.3) is 11.5 Å². The molecule has 0 radical (unpaired) electrons. The largest absolute Gasteiger partial charge is 0.411 e. The SMILES string of the molecule is C[C@H]1[C@@H](NC(=O)CSc2nnc(-c3ccc(Cl)cc3)o2)CCC[C@@H]1C. The Morgan fingerprint density at radius 2 is 2.04 bits per heavy atom. The molecule has 0 spiro atoms. The van der Waals surface area contributed by atoms with Gasteiger partial charge in [-0.25, -0.2) is 0 Å². The lowest BCUT2D eigenvalue weighted by Gasteiger charge is -2.34. The summed E-state index contributed by atoms with van der Waals surface area (Å²) in [6.45, 7) is 4.48. The molecule has 1 aromatic carbocycles. The van der Waals surface area contributed by atoms with Crippen molar-refractivity contribution in [3.05, 3.63) is 29.3 Å². The van der Waals surface area contributed by atoms with Crippen molar-refractivity contribution in [2.24, 2.45) is 11.8 Å². The van der Waals surface area contributed by atoms with Gasteiger partial charge in [0.15, 0.2) is 0 Å². The number of carbonyl (C=O) groups excluding carboxylic acids is 1. The number of carbonyl (C=O) groups is 1. The van der Waals surface area contributed by atoms with Crippen LogP contribution in [0, 0.1) is 11.8 Å². The van der Waals surface area contributed by atoms with E-state index in [1.54, 1.807) is 12.1 Å². The zero-order chi connectivity index (χ0) is 17.8. The first-order chi connectivity index (χ1) is 12.0. The number of rotatable bonds is 5. The number of nitrogens with one attached hydrogen (secondary N) is 1. The molecular weight excluding hydrogens is 358 g/mol. The van der Waals surface area contributed by atoms with Crippen LogP contribution in [0.15, 0.2) is 33.9 Å². The number of thioether (sulfide) groups is 1. The molecule has 1 aromatic heterocycles. The molecule has 134 valence electrons. The van der Waals surface area contributed by atoms with Crippen LogP contribution < -0.4 is 5.32 Å². The van der Waals surface area contributed by atoms with E-state index in [4.69, 9.17) is 16.0 Å². The van der Waals surface area contributed by atoms with E-state index in [0.717, 1.165) is 12.0 Å². The Bertz CT molecular complexity index is 719. The second-order valence-corrected chi connectivity index (χ2v) is 7.97. The third-order valence-corrected chi connectivity index (χ3v) is 5.95. The number of aromatic nitrogens is 2. The molecular formula is C18H22ClN3O2S. The summed E-state index contributed by atoms with van der Waals surface area (Å²) in [5.41, 5.74) is 0.804. The smallest absolute Gasteiger partial charge is 0.277 e. The molecule has 3 atom stereocenters. The van der Waals surface area contributed by atoms with Crippen LogP contribution in [0.1, 0.15) is 33.1 Å². The number of halogens is 1. The number of amides is 1. The van der Waals surface area contributed by atoms with E-state index in [9.17, 15) is 4.79 Å². The molecule has 5 nitrogen and oxygen atoms in total. The topological polar surface area (TPSA) is 68.0 Å². The summed E-state index contributed by atoms with van der Waals surface area (Å²) in [6.07, 6.45) is 3.48. The molecule has 1 N–H and O–H groups in total. The van der Waals surface area contributed by atoms with Gasteiger partial charge in [-0.05, 0) is 42.5 Å². The third kappa shape index (κ3) is 4.76. The van der Waals surface area contributed by atoms with E-state index in [0.29, 0.717) is 28.0 Å². The van der Waals surface area contributed by atoms with Gasteiger partial charge in [-0.3, -0.25) is 4.79 Å². The van der Waals surface area contributed by atoms with Gasteiger partial charge in [-0.1, -0.05) is 50.1 Å². The minimum Gasteiger partial charge on any atom is -0.411 e. The van der Waals surface area contributed by atoms with Crippen molar-refractivity contribution in [3.8, 4) is 11.5 Å². The Morgan fingerprint density at radius 3 is 2.80 bits per heavy atom. The van der Waals surface area contributed by atoms with Gasteiger partial charge in [0.05, 0.1) is 5.75 Å². The first-order valence-electron chi connectivity index (χ1n) is 8.54. The maximum absolute atomic E-state index is 12.2. The van der Waals surface area contributed by atoms with Crippen molar-refractivity contribution in [1.29, 1.82) is 0 Å². The highest BCUT2D eigenvalue weighted by molar-refractivity contribution is 7.99. The normalized spacial score (nSPS) is 23.4. The quantitative estimate of drug-likeness (QED) is 0.778. The maximum Gasteiger partial charge on any atom is 0.277 e. The Labute approximate surface area is 156 Å². The fraction of sp³-hybridized carbons (Fsp3) is 0.500. The van der Waals surface area contributed by atoms with Crippen molar-refractivity contribution in [3.63, 3.8) is 0 Å². The highest BCUT2D eigenvalue weighted by Crippen LogP contribution is 2.30. The van der Waals surface area contributed by atoms with E-state index in [2.05, 4.69) is 29.4 Å². The molecule has 25 heavy (non-hydrogen) atoms. The lowest BCUT2D eigenvalue weighted by Crippen LogP contribution is -2.44. The lowest BCUT2D eigenvalue weighted by atomic mass is 9.78. The fourth-order valence-electron chi connectivity index (χ4n) is 3.14. The second kappa shape index (κ2) is 8.23. The molecule has 7 heteroatoms. The molecule has 0 saturated heterocycles. The number of hydrogen-bond donors (Lipinski definition) is 1. The fourth-order valence-corrected chi connectivity index (χ4v) is 3.84. The molecule has 1 fully saturated rings. The molecule has 1 amide bonds. The molecule has 1 aliphatic carbocycles. The van der Waals surface area contributed by atoms with Crippen molar-refractivity contribution in [1.82, 2.24) is 15.5 Å². The zero-order valence-corrected chi connectivity index (χ0v) is 15.9. The van der Waals surface area contributed by atoms with Gasteiger partial charge in [-0.2, -0.15) is 0 Å². The first-order valence-corrected chi connectivity index (χ1v) is 9.91. The Balaban J connectivity index is 1.52. The van der Waals surface area contributed by atoms with Gasteiger partial charge >= 0.3 is 0 Å². The third-order valence-electron chi connectivity index (χ3n) is 4.88. The summed E-state index contributed by atoms with van der Waals surface area (Å²) in [5, 5.41) is 12.2. The van der Waals surface area contributed by atoms with Crippen LogP contribution in [-0.4, -0.2) is 27.9 Å². The summed E-state index contributed by atoms with van der Waals surface area (Å²) < 4.78 is 5.61. The molecule has 0 aliphatic heterocycles. The van der Waals surface area contributed by atoms with Gasteiger partial charge in [-0.15, -0.1) is 10.2 Å². The van der Waals surface area contributed by atoms with Crippen molar-refractivity contribution < 1.29 is 9.21 Å². The summed E-state index contributed by atoms with van der Waals surface area (Å²) in [5.74, 6) is 1.89. The van der Waals surface area contributed by atoms with E-state index in [-0.39, 0.29) is 17.7 Å². The van der Waals surface area contributed by atoms with Gasteiger partial charge in [0.2, 0.25) is 11.8 Å². The van der Waals surface area contributed by atoms with E-state index in [1.165, 1.54) is 24.6 Å². The second-order valence-electron chi connectivity index (χ2n) is 6.61. The number of nitrogens with zero attached hydrogens (tertiary/aromatic N) is 2. The predicted molar refractivity (Wildman–Crippen MR) is 99.6 cm³/mol. The van der Waals surface area contributed by atoms with Gasteiger partial charge in [0, 0.05) is 16.6 Å². The Morgan fingerprint density at radius 1 is 1.28 bits per heavy atom. The average molecular weight is 380 g/mol. The molecule has 1 saturated carbocycles. The van der Waals surface area contributed by atoms with Crippen LogP contribution >= 0.6 is 23.4 Å². The summed E-state index contributed by atoms with van der Waals surface area (Å²) in [7, 11) is 0. The molecule has 0 unspecified atom stereocenters. The molecule has 3 rings (SSSR count). The van der Waals surface area contributed by atoms with Crippen molar-refractivity contribution >= 4 is 29.3 Å². The highest BCUT2D eigenvalue weighted by Gasteiger charge is 2.28.